The van der Waals surface area contributed by atoms with Gasteiger partial charge in [-0.25, -0.2) is 9.78 Å². The number of amides is 3. The van der Waals surface area contributed by atoms with Gasteiger partial charge in [-0.1, -0.05) is 68.8 Å². The van der Waals surface area contributed by atoms with E-state index in [-0.39, 0.29) is 48.9 Å². The summed E-state index contributed by atoms with van der Waals surface area (Å²) in [6, 6.07) is 16.7. The molecule has 3 amide bonds. The molecule has 2 bridgehead atoms. The van der Waals surface area contributed by atoms with Gasteiger partial charge >= 0.3 is 6.09 Å². The smallest absolute Gasteiger partial charge is 0.407 e. The highest BCUT2D eigenvalue weighted by atomic mass is 16.5. The zero-order chi connectivity index (χ0) is 39.2. The van der Waals surface area contributed by atoms with Crippen molar-refractivity contribution in [2.75, 3.05) is 48.1 Å². The van der Waals surface area contributed by atoms with Crippen molar-refractivity contribution in [3.8, 4) is 22.4 Å². The van der Waals surface area contributed by atoms with Crippen LogP contribution in [0.15, 0.2) is 60.9 Å². The second kappa shape index (κ2) is 20.3. The number of hydrogen-bond acceptors (Lipinski definition) is 10. The molecule has 1 unspecified atom stereocenters. The molecule has 6 N–H and O–H groups in total. The van der Waals surface area contributed by atoms with Crippen LogP contribution in [0.3, 0.4) is 0 Å². The number of carbonyl (C=O) groups is 4. The Morgan fingerprint density at radius 3 is 2.30 bits per heavy atom. The van der Waals surface area contributed by atoms with Gasteiger partial charge in [0.1, 0.15) is 12.4 Å². The lowest BCUT2D eigenvalue weighted by Crippen LogP contribution is -2.45. The van der Waals surface area contributed by atoms with Gasteiger partial charge in [0.2, 0.25) is 11.8 Å². The first-order valence-electron chi connectivity index (χ1n) is 18.5. The van der Waals surface area contributed by atoms with Crippen molar-refractivity contribution in [3.05, 3.63) is 72.3 Å². The zero-order valence-corrected chi connectivity index (χ0v) is 32.3. The number of aromatic amines is 1. The number of nitrogens with zero attached hydrogens (tertiary/aromatic N) is 3. The van der Waals surface area contributed by atoms with E-state index in [4.69, 9.17) is 15.5 Å². The minimum Gasteiger partial charge on any atom is -0.471 e. The van der Waals surface area contributed by atoms with Crippen molar-refractivity contribution in [1.82, 2.24) is 35.7 Å². The summed E-state index contributed by atoms with van der Waals surface area (Å²) in [5, 5.41) is 8.69. The van der Waals surface area contributed by atoms with Crippen LogP contribution in [-0.2, 0) is 23.9 Å². The maximum Gasteiger partial charge on any atom is 0.407 e. The molecule has 5 rings (SSSR count). The van der Waals surface area contributed by atoms with Crippen LogP contribution in [0.2, 0.25) is 0 Å². The fraction of sp³-hybridized carbons (Fsp3) is 0.475. The fourth-order valence-corrected chi connectivity index (χ4v) is 7.79. The molecule has 1 aliphatic carbocycles. The molecule has 292 valence electrons. The topological polar surface area (TPSA) is 184 Å². The number of aromatic nitrogens is 2. The van der Waals surface area contributed by atoms with E-state index in [1.807, 2.05) is 29.2 Å². The number of piperidine rings is 1. The van der Waals surface area contributed by atoms with Crippen LogP contribution < -0.4 is 21.7 Å². The molecule has 14 heteroatoms. The van der Waals surface area contributed by atoms with E-state index in [2.05, 4.69) is 92.8 Å². The summed E-state index contributed by atoms with van der Waals surface area (Å²) in [5.74, 6) is 1.26. The minimum atomic E-state index is -0.618. The predicted molar refractivity (Wildman–Crippen MR) is 208 cm³/mol. The van der Waals surface area contributed by atoms with Gasteiger partial charge in [0.05, 0.1) is 51.4 Å². The molecule has 2 fully saturated rings. The van der Waals surface area contributed by atoms with Crippen LogP contribution >= 0.6 is 0 Å². The first-order valence-corrected chi connectivity index (χ1v) is 18.5. The van der Waals surface area contributed by atoms with Crippen LogP contribution in [0, 0.1) is 11.8 Å². The monoisotopic (exact) mass is 744 g/mol. The summed E-state index contributed by atoms with van der Waals surface area (Å²) in [4.78, 5) is 58.7. The van der Waals surface area contributed by atoms with Gasteiger partial charge in [-0.15, -0.1) is 0 Å². The van der Waals surface area contributed by atoms with E-state index in [0.717, 1.165) is 71.4 Å². The van der Waals surface area contributed by atoms with Crippen molar-refractivity contribution >= 4 is 30.0 Å². The van der Waals surface area contributed by atoms with Crippen molar-refractivity contribution in [2.45, 2.75) is 64.1 Å². The normalized spacial score (nSPS) is 18.5. The number of methoxy groups -OCH3 is 2. The van der Waals surface area contributed by atoms with Crippen LogP contribution in [0.4, 0.5) is 4.79 Å². The first-order chi connectivity index (χ1) is 26.1. The van der Waals surface area contributed by atoms with E-state index in [9.17, 15) is 14.4 Å². The molecule has 1 aliphatic heterocycles. The van der Waals surface area contributed by atoms with E-state index in [1.165, 1.54) is 14.2 Å². The van der Waals surface area contributed by atoms with Gasteiger partial charge < -0.3 is 45.9 Å². The number of carbonyl (C=O) groups excluding carboxylic acids is 4. The Balaban J connectivity index is 0.00000155. The van der Waals surface area contributed by atoms with Gasteiger partial charge in [-0.3, -0.25) is 14.4 Å². The molecule has 14 nitrogen and oxygen atoms in total. The maximum atomic E-state index is 13.1. The lowest BCUT2D eigenvalue weighted by Gasteiger charge is -2.35. The Kier molecular flexibility index (Phi) is 15.6. The number of H-pyrrole nitrogens is 1. The van der Waals surface area contributed by atoms with Crippen LogP contribution in [0.1, 0.15) is 63.4 Å². The summed E-state index contributed by atoms with van der Waals surface area (Å²) < 4.78 is 8.50. The molecule has 1 aromatic heterocycles. The highest BCUT2D eigenvalue weighted by molar-refractivity contribution is 5.84. The summed E-state index contributed by atoms with van der Waals surface area (Å²) >= 11 is 0. The van der Waals surface area contributed by atoms with Crippen LogP contribution in [-0.4, -0.2) is 104 Å². The number of likely N-dealkylation sites (tertiary alicyclic amines) is 1. The third-order valence-electron chi connectivity index (χ3n) is 10.3. The van der Waals surface area contributed by atoms with E-state index >= 15 is 0 Å². The third-order valence-corrected chi connectivity index (χ3v) is 10.3. The van der Waals surface area contributed by atoms with Crippen molar-refractivity contribution in [3.63, 3.8) is 0 Å². The molecular formula is C40H56N8O6. The number of rotatable bonds is 16. The largest absolute Gasteiger partial charge is 0.471 e. The number of fused-ring (bicyclic) bond motifs is 2. The van der Waals surface area contributed by atoms with Crippen molar-refractivity contribution in [1.29, 1.82) is 0 Å². The molecule has 2 heterocycles. The standard InChI is InChI=1S/C38H52N8O4.C2H4O2/c1-6-7-24(2)35(45(4)33(47)21-40-3)31(19-41-23-39)27-12-8-25(9-13-27)26-10-14-28(15-11-26)32-20-42-37(44-32)36-29-16-17-30(18-29)46(36)34(48)22-43-38(49)50-5;1-4-2-3/h8-15,19-20,24,29-30,35-36,40-41H,6-7,16-18,21-23,39H2,1-5H3,(H,42,44)(H,43,49);2H,1H3/b31-19-;/t24-,29+,30-,35+,36?;/m1./s1. The van der Waals surface area contributed by atoms with E-state index in [0.29, 0.717) is 19.1 Å². The van der Waals surface area contributed by atoms with Crippen molar-refractivity contribution < 1.29 is 28.7 Å². The van der Waals surface area contributed by atoms with E-state index in [1.54, 1.807) is 7.05 Å². The highest BCUT2D eigenvalue weighted by Gasteiger charge is 2.49. The second-order valence-corrected chi connectivity index (χ2v) is 13.7. The van der Waals surface area contributed by atoms with Crippen LogP contribution in [0.5, 0.6) is 0 Å². The quantitative estimate of drug-likeness (QED) is 0.105. The molecule has 0 spiro atoms. The molecular weight excluding hydrogens is 688 g/mol. The van der Waals surface area contributed by atoms with Gasteiger partial charge in [-0.05, 0) is 72.4 Å². The Hall–Kier alpha value is -5.21. The van der Waals surface area contributed by atoms with Gasteiger partial charge in [0, 0.05) is 19.3 Å². The number of ether oxygens (including phenoxy) is 2. The third kappa shape index (κ3) is 10.1. The minimum absolute atomic E-state index is 0.0365. The lowest BCUT2D eigenvalue weighted by atomic mass is 9.86. The number of nitrogens with one attached hydrogen (secondary N) is 4. The molecule has 2 aliphatic rings. The number of hydrogen-bond donors (Lipinski definition) is 5. The number of benzene rings is 2. The van der Waals surface area contributed by atoms with Gasteiger partial charge in [0.15, 0.2) is 0 Å². The highest BCUT2D eigenvalue weighted by Crippen LogP contribution is 2.49. The average molecular weight is 745 g/mol. The number of nitrogens with two attached hydrogens (primary N) is 1. The molecule has 3 aromatic rings. The zero-order valence-electron chi connectivity index (χ0n) is 32.3. The summed E-state index contributed by atoms with van der Waals surface area (Å²) in [6.07, 6.45) is 8.14. The molecule has 5 atom stereocenters. The molecule has 0 radical (unpaired) electrons. The molecule has 2 aromatic carbocycles. The van der Waals surface area contributed by atoms with E-state index < -0.39 is 6.09 Å². The lowest BCUT2D eigenvalue weighted by molar-refractivity contribution is -0.135. The Morgan fingerprint density at radius 1 is 1.06 bits per heavy atom. The van der Waals surface area contributed by atoms with Crippen molar-refractivity contribution in [2.24, 2.45) is 17.6 Å². The average Bonchev–Trinajstić information content (AvgIpc) is 3.96. The van der Waals surface area contributed by atoms with Gasteiger partial charge in [-0.2, -0.15) is 0 Å². The second-order valence-electron chi connectivity index (χ2n) is 13.7. The predicted octanol–water partition coefficient (Wildman–Crippen LogP) is 4.27. The maximum absolute atomic E-state index is 13.1. The fourth-order valence-electron chi connectivity index (χ4n) is 7.79. The SMILES string of the molecule is CCC[C@@H](C)[C@@H](/C(=C\NCN)c1ccc(-c2ccc(-c3cnc(C4[C@H]5CC[C@H](C5)N4C(=O)CNC(=O)OC)[nH]3)cc2)cc1)N(C)C(=O)CNC.COC=O. The Bertz CT molecular complexity index is 1710. The summed E-state index contributed by atoms with van der Waals surface area (Å²) in [7, 11) is 6.26. The molecule has 54 heavy (non-hydrogen) atoms. The number of alkyl carbamates (subject to hydrolysis) is 1. The van der Waals surface area contributed by atoms with Gasteiger partial charge in [0.25, 0.3) is 6.47 Å². The summed E-state index contributed by atoms with van der Waals surface area (Å²) in [5.41, 5.74) is 11.9. The molecule has 1 saturated heterocycles. The number of likely N-dealkylation sites (N-methyl/N-ethyl adjacent to an activating group) is 2. The number of imidazole rings is 1. The summed E-state index contributed by atoms with van der Waals surface area (Å²) in [6.45, 7) is 5.21. The molecule has 1 saturated carbocycles. The van der Waals surface area contributed by atoms with Crippen LogP contribution in [0.25, 0.3) is 28.0 Å². The Morgan fingerprint density at radius 2 is 1.70 bits per heavy atom. The Labute approximate surface area is 318 Å². The first kappa shape index (κ1) is 41.5.